The highest BCUT2D eigenvalue weighted by Crippen LogP contribution is 2.24. The van der Waals surface area contributed by atoms with Gasteiger partial charge in [0, 0.05) is 45.0 Å². The lowest BCUT2D eigenvalue weighted by Crippen LogP contribution is -2.43. The summed E-state index contributed by atoms with van der Waals surface area (Å²) in [6.07, 6.45) is 4.74. The molecule has 1 saturated heterocycles. The van der Waals surface area contributed by atoms with E-state index in [-0.39, 0.29) is 12.2 Å². The van der Waals surface area contributed by atoms with Crippen molar-refractivity contribution in [3.05, 3.63) is 29.9 Å². The van der Waals surface area contributed by atoms with Crippen LogP contribution >= 0.6 is 0 Å². The van der Waals surface area contributed by atoms with Crippen LogP contribution in [0.15, 0.2) is 17.0 Å². The lowest BCUT2D eigenvalue weighted by atomic mass is 10.2. The van der Waals surface area contributed by atoms with E-state index in [4.69, 9.17) is 9.26 Å². The Balaban J connectivity index is 1.62. The maximum atomic E-state index is 5.92. The monoisotopic (exact) mass is 291 g/mol. The number of aryl methyl sites for hydroxylation is 2. The van der Waals surface area contributed by atoms with Crippen molar-refractivity contribution in [1.29, 1.82) is 0 Å². The predicted molar refractivity (Wildman–Crippen MR) is 75.7 cm³/mol. The Bertz CT molecular complexity index is 594. The molecule has 7 nitrogen and oxygen atoms in total. The van der Waals surface area contributed by atoms with Gasteiger partial charge in [-0.1, -0.05) is 5.16 Å². The van der Waals surface area contributed by atoms with Crippen LogP contribution in [0.1, 0.15) is 30.4 Å². The first-order valence-electron chi connectivity index (χ1n) is 7.25. The highest BCUT2D eigenvalue weighted by Gasteiger charge is 2.30. The smallest absolute Gasteiger partial charge is 0.257 e. The van der Waals surface area contributed by atoms with Crippen LogP contribution in [0.2, 0.25) is 0 Å². The third-order valence-electron chi connectivity index (χ3n) is 3.76. The van der Waals surface area contributed by atoms with Crippen LogP contribution in [0.3, 0.4) is 0 Å². The topological polar surface area (TPSA) is 69.2 Å². The first-order chi connectivity index (χ1) is 10.1. The summed E-state index contributed by atoms with van der Waals surface area (Å²) in [5.41, 5.74) is 1.24. The zero-order valence-corrected chi connectivity index (χ0v) is 12.7. The Morgan fingerprint density at radius 3 is 2.90 bits per heavy atom. The summed E-state index contributed by atoms with van der Waals surface area (Å²) in [7, 11) is 2.02. The van der Waals surface area contributed by atoms with Crippen LogP contribution in [0.25, 0.3) is 0 Å². The first kappa shape index (κ1) is 14.2. The van der Waals surface area contributed by atoms with Gasteiger partial charge >= 0.3 is 0 Å². The van der Waals surface area contributed by atoms with Gasteiger partial charge in [0.2, 0.25) is 0 Å². The minimum absolute atomic E-state index is 0.138. The standard InChI is InChI=1S/C14H21N5O2/c1-10-7-19(5-4-12-6-15-9-18(12)3)8-13(20-10)14-16-11(2)17-21-14/h6,9-10,13H,4-5,7-8H2,1-3H3/t10-,13-/m1/s1. The molecule has 0 aliphatic carbocycles. The second-order valence-corrected chi connectivity index (χ2v) is 5.62. The zero-order valence-electron chi connectivity index (χ0n) is 12.7. The third kappa shape index (κ3) is 3.30. The number of hydrogen-bond acceptors (Lipinski definition) is 6. The van der Waals surface area contributed by atoms with E-state index in [1.54, 1.807) is 0 Å². The molecule has 2 aromatic heterocycles. The molecule has 0 aromatic carbocycles. The molecule has 3 rings (SSSR count). The quantitative estimate of drug-likeness (QED) is 0.840. The molecule has 0 saturated carbocycles. The van der Waals surface area contributed by atoms with Gasteiger partial charge in [-0.25, -0.2) is 4.98 Å². The van der Waals surface area contributed by atoms with E-state index in [9.17, 15) is 0 Å². The molecule has 0 unspecified atom stereocenters. The van der Waals surface area contributed by atoms with Gasteiger partial charge in [0.05, 0.1) is 12.4 Å². The zero-order chi connectivity index (χ0) is 14.8. The van der Waals surface area contributed by atoms with Gasteiger partial charge in [0.25, 0.3) is 5.89 Å². The van der Waals surface area contributed by atoms with E-state index in [0.717, 1.165) is 26.1 Å². The Morgan fingerprint density at radius 2 is 2.24 bits per heavy atom. The van der Waals surface area contributed by atoms with Crippen molar-refractivity contribution in [3.63, 3.8) is 0 Å². The van der Waals surface area contributed by atoms with Crippen LogP contribution < -0.4 is 0 Å². The molecular formula is C14H21N5O2. The number of morpholine rings is 1. The summed E-state index contributed by atoms with van der Waals surface area (Å²) in [4.78, 5) is 10.8. The molecule has 1 fully saturated rings. The lowest BCUT2D eigenvalue weighted by Gasteiger charge is -2.35. The van der Waals surface area contributed by atoms with E-state index < -0.39 is 0 Å². The number of aromatic nitrogens is 4. The molecule has 2 aromatic rings. The third-order valence-corrected chi connectivity index (χ3v) is 3.76. The Kier molecular flexibility index (Phi) is 4.03. The van der Waals surface area contributed by atoms with Gasteiger partial charge in [-0.15, -0.1) is 0 Å². The molecule has 1 aliphatic heterocycles. The van der Waals surface area contributed by atoms with Crippen molar-refractivity contribution in [1.82, 2.24) is 24.6 Å². The minimum atomic E-state index is -0.138. The normalized spacial score (nSPS) is 23.6. The Labute approximate surface area is 123 Å². The number of ether oxygens (including phenoxy) is 1. The summed E-state index contributed by atoms with van der Waals surface area (Å²) in [6, 6.07) is 0. The van der Waals surface area contributed by atoms with Crippen LogP contribution in [0, 0.1) is 6.92 Å². The SMILES string of the molecule is Cc1noc([C@H]2CN(CCc3cncn3C)C[C@@H](C)O2)n1. The lowest BCUT2D eigenvalue weighted by molar-refractivity contribution is -0.0904. The van der Waals surface area contributed by atoms with Gasteiger partial charge in [-0.05, 0) is 13.8 Å². The van der Waals surface area contributed by atoms with Crippen molar-refractivity contribution in [3.8, 4) is 0 Å². The summed E-state index contributed by atoms with van der Waals surface area (Å²) in [6.45, 7) is 6.56. The summed E-state index contributed by atoms with van der Waals surface area (Å²) in [5, 5.41) is 3.84. The van der Waals surface area contributed by atoms with Crippen LogP contribution in [-0.4, -0.2) is 50.3 Å². The maximum absolute atomic E-state index is 5.92. The first-order valence-corrected chi connectivity index (χ1v) is 7.25. The van der Waals surface area contributed by atoms with Crippen molar-refractivity contribution in [2.45, 2.75) is 32.5 Å². The molecule has 1 aliphatic rings. The van der Waals surface area contributed by atoms with Crippen molar-refractivity contribution in [2.24, 2.45) is 7.05 Å². The molecule has 7 heteroatoms. The van der Waals surface area contributed by atoms with Crippen molar-refractivity contribution < 1.29 is 9.26 Å². The largest absolute Gasteiger partial charge is 0.363 e. The van der Waals surface area contributed by atoms with Gasteiger partial charge in [0.15, 0.2) is 5.82 Å². The molecular weight excluding hydrogens is 270 g/mol. The Hall–Kier alpha value is -1.73. The molecule has 0 spiro atoms. The van der Waals surface area contributed by atoms with E-state index >= 15 is 0 Å². The summed E-state index contributed by atoms with van der Waals surface area (Å²) < 4.78 is 13.2. The van der Waals surface area contributed by atoms with E-state index in [0.29, 0.717) is 11.7 Å². The van der Waals surface area contributed by atoms with E-state index in [1.807, 2.05) is 26.5 Å². The summed E-state index contributed by atoms with van der Waals surface area (Å²) in [5.74, 6) is 1.22. The molecule has 2 atom stereocenters. The fourth-order valence-corrected chi connectivity index (χ4v) is 2.70. The average Bonchev–Trinajstić information content (AvgIpc) is 3.05. The molecule has 0 N–H and O–H groups in total. The minimum Gasteiger partial charge on any atom is -0.363 e. The van der Waals surface area contributed by atoms with Crippen LogP contribution in [0.5, 0.6) is 0 Å². The highest BCUT2D eigenvalue weighted by molar-refractivity contribution is 4.99. The molecule has 0 radical (unpaired) electrons. The molecule has 3 heterocycles. The number of nitrogens with zero attached hydrogens (tertiary/aromatic N) is 5. The predicted octanol–water partition coefficient (Wildman–Crippen LogP) is 1.12. The Morgan fingerprint density at radius 1 is 1.38 bits per heavy atom. The number of imidazole rings is 1. The molecule has 21 heavy (non-hydrogen) atoms. The maximum Gasteiger partial charge on any atom is 0.257 e. The van der Waals surface area contributed by atoms with E-state index in [2.05, 4.69) is 31.5 Å². The molecule has 0 bridgehead atoms. The average molecular weight is 291 g/mol. The van der Waals surface area contributed by atoms with Crippen LogP contribution in [0.4, 0.5) is 0 Å². The van der Waals surface area contributed by atoms with Crippen LogP contribution in [-0.2, 0) is 18.2 Å². The van der Waals surface area contributed by atoms with Gasteiger partial charge in [-0.2, -0.15) is 4.98 Å². The van der Waals surface area contributed by atoms with Crippen molar-refractivity contribution in [2.75, 3.05) is 19.6 Å². The van der Waals surface area contributed by atoms with Crippen molar-refractivity contribution >= 4 is 0 Å². The molecule has 0 amide bonds. The van der Waals surface area contributed by atoms with Gasteiger partial charge in [0.1, 0.15) is 6.10 Å². The second-order valence-electron chi connectivity index (χ2n) is 5.62. The second kappa shape index (κ2) is 5.95. The van der Waals surface area contributed by atoms with Gasteiger partial charge < -0.3 is 13.8 Å². The number of hydrogen-bond donors (Lipinski definition) is 0. The van der Waals surface area contributed by atoms with Gasteiger partial charge in [-0.3, -0.25) is 4.90 Å². The fraction of sp³-hybridized carbons (Fsp3) is 0.643. The number of rotatable bonds is 4. The highest BCUT2D eigenvalue weighted by atomic mass is 16.5. The van der Waals surface area contributed by atoms with E-state index in [1.165, 1.54) is 5.69 Å². The molecule has 114 valence electrons. The summed E-state index contributed by atoms with van der Waals surface area (Å²) >= 11 is 0. The fourth-order valence-electron chi connectivity index (χ4n) is 2.70.